The Morgan fingerprint density at radius 3 is 2.58 bits per heavy atom. The smallest absolute Gasteiger partial charge is 0.252 e. The molecule has 0 N–H and O–H groups in total. The average molecular weight is 372 g/mol. The first kappa shape index (κ1) is 16.8. The number of benzene rings is 2. The summed E-state index contributed by atoms with van der Waals surface area (Å²) >= 11 is 1.44. The monoisotopic (exact) mass is 372 g/mol. The second-order valence-electron chi connectivity index (χ2n) is 5.90. The number of rotatable bonds is 3. The fourth-order valence-corrected chi connectivity index (χ4v) is 4.04. The van der Waals surface area contributed by atoms with Gasteiger partial charge >= 0.3 is 0 Å². The van der Waals surface area contributed by atoms with Crippen molar-refractivity contribution in [2.45, 2.75) is 19.9 Å². The molecule has 0 bridgehead atoms. The Morgan fingerprint density at radius 2 is 1.88 bits per heavy atom. The Bertz CT molecular complexity index is 1040. The van der Waals surface area contributed by atoms with Gasteiger partial charge in [0.1, 0.15) is 19.0 Å². The van der Waals surface area contributed by atoms with Crippen molar-refractivity contribution >= 4 is 27.5 Å². The summed E-state index contributed by atoms with van der Waals surface area (Å²) in [7, 11) is 0. The van der Waals surface area contributed by atoms with Crippen LogP contribution in [0.1, 0.15) is 12.5 Å². The van der Waals surface area contributed by atoms with Crippen LogP contribution in [0, 0.1) is 5.82 Å². The minimum absolute atomic E-state index is 0.140. The van der Waals surface area contributed by atoms with Crippen LogP contribution in [0.4, 0.5) is 4.39 Å². The number of amides is 1. The molecule has 3 aromatic rings. The standard InChI is InChI=1S/C19H17FN2O3S/c1-2-22-14-10-15-16(25-8-7-24-15)11-17(14)26-19(22)21-18(23)9-12-3-5-13(20)6-4-12/h3-6,10-11H,2,7-9H2,1H3. The number of thiazole rings is 1. The summed E-state index contributed by atoms with van der Waals surface area (Å²) in [5.74, 6) is 0.855. The molecule has 4 rings (SSSR count). The summed E-state index contributed by atoms with van der Waals surface area (Å²) in [6, 6.07) is 9.77. The maximum absolute atomic E-state index is 13.0. The van der Waals surface area contributed by atoms with Crippen LogP contribution in [0.15, 0.2) is 41.4 Å². The third-order valence-electron chi connectivity index (χ3n) is 4.15. The zero-order valence-electron chi connectivity index (χ0n) is 14.2. The molecular formula is C19H17FN2O3S. The van der Waals surface area contributed by atoms with Crippen LogP contribution in [-0.4, -0.2) is 23.7 Å². The maximum Gasteiger partial charge on any atom is 0.252 e. The Labute approximate surface area is 153 Å². The van der Waals surface area contributed by atoms with Crippen LogP contribution < -0.4 is 14.3 Å². The van der Waals surface area contributed by atoms with E-state index in [9.17, 15) is 9.18 Å². The molecule has 0 saturated carbocycles. The zero-order valence-corrected chi connectivity index (χ0v) is 15.0. The lowest BCUT2D eigenvalue weighted by Crippen LogP contribution is -2.17. The van der Waals surface area contributed by atoms with E-state index in [1.807, 2.05) is 23.6 Å². The average Bonchev–Trinajstić information content (AvgIpc) is 2.97. The molecule has 0 fully saturated rings. The van der Waals surface area contributed by atoms with E-state index in [4.69, 9.17) is 9.47 Å². The van der Waals surface area contributed by atoms with Gasteiger partial charge in [-0.25, -0.2) is 4.39 Å². The zero-order chi connectivity index (χ0) is 18.1. The Morgan fingerprint density at radius 1 is 1.19 bits per heavy atom. The second kappa shape index (κ2) is 6.92. The van der Waals surface area contributed by atoms with E-state index in [0.29, 0.717) is 30.3 Å². The highest BCUT2D eigenvalue weighted by molar-refractivity contribution is 7.16. The second-order valence-corrected chi connectivity index (χ2v) is 6.91. The van der Waals surface area contributed by atoms with Gasteiger partial charge in [0.05, 0.1) is 16.6 Å². The molecule has 2 heterocycles. The lowest BCUT2D eigenvalue weighted by atomic mass is 10.1. The summed E-state index contributed by atoms with van der Waals surface area (Å²) in [6.07, 6.45) is 0.140. The van der Waals surface area contributed by atoms with Crippen molar-refractivity contribution in [2.75, 3.05) is 13.2 Å². The van der Waals surface area contributed by atoms with E-state index in [0.717, 1.165) is 21.5 Å². The molecule has 1 amide bonds. The lowest BCUT2D eigenvalue weighted by molar-refractivity contribution is -0.117. The molecule has 1 aliphatic heterocycles. The molecule has 1 aromatic heterocycles. The predicted octanol–water partition coefficient (Wildman–Crippen LogP) is 3.30. The summed E-state index contributed by atoms with van der Waals surface area (Å²) in [5.41, 5.74) is 1.71. The lowest BCUT2D eigenvalue weighted by Gasteiger charge is -2.18. The van der Waals surface area contributed by atoms with E-state index in [-0.39, 0.29) is 18.1 Å². The quantitative estimate of drug-likeness (QED) is 0.709. The van der Waals surface area contributed by atoms with E-state index in [2.05, 4.69) is 4.99 Å². The van der Waals surface area contributed by atoms with Gasteiger partial charge in [-0.15, -0.1) is 0 Å². The van der Waals surface area contributed by atoms with Crippen molar-refractivity contribution in [3.05, 3.63) is 52.6 Å². The van der Waals surface area contributed by atoms with Crippen LogP contribution in [0.25, 0.3) is 10.2 Å². The number of carbonyl (C=O) groups is 1. The van der Waals surface area contributed by atoms with E-state index >= 15 is 0 Å². The van der Waals surface area contributed by atoms with E-state index in [1.54, 1.807) is 12.1 Å². The number of fused-ring (bicyclic) bond motifs is 2. The molecule has 5 nitrogen and oxygen atoms in total. The number of hydrogen-bond acceptors (Lipinski definition) is 4. The first-order valence-electron chi connectivity index (χ1n) is 8.39. The van der Waals surface area contributed by atoms with Gasteiger partial charge in [0.25, 0.3) is 5.91 Å². The van der Waals surface area contributed by atoms with Crippen molar-refractivity contribution in [2.24, 2.45) is 4.99 Å². The van der Waals surface area contributed by atoms with Gasteiger partial charge in [0, 0.05) is 18.7 Å². The Kier molecular flexibility index (Phi) is 4.46. The van der Waals surface area contributed by atoms with Crippen LogP contribution in [0.2, 0.25) is 0 Å². The summed E-state index contributed by atoms with van der Waals surface area (Å²) in [4.78, 5) is 17.3. The van der Waals surface area contributed by atoms with Gasteiger partial charge in [0.2, 0.25) is 0 Å². The highest BCUT2D eigenvalue weighted by atomic mass is 32.1. The SMILES string of the molecule is CCn1c(=NC(=O)Cc2ccc(F)cc2)sc2cc3c(cc21)OCCO3. The number of halogens is 1. The number of hydrogen-bond donors (Lipinski definition) is 0. The van der Waals surface area contributed by atoms with Crippen molar-refractivity contribution in [3.63, 3.8) is 0 Å². The van der Waals surface area contributed by atoms with Crippen LogP contribution in [-0.2, 0) is 17.8 Å². The maximum atomic E-state index is 13.0. The Hall–Kier alpha value is -2.67. The van der Waals surface area contributed by atoms with Gasteiger partial charge in [-0.2, -0.15) is 4.99 Å². The third-order valence-corrected chi connectivity index (χ3v) is 5.19. The molecular weight excluding hydrogens is 355 g/mol. The molecule has 1 aliphatic rings. The third kappa shape index (κ3) is 3.22. The van der Waals surface area contributed by atoms with Crippen LogP contribution in [0.3, 0.4) is 0 Å². The molecule has 0 radical (unpaired) electrons. The Balaban J connectivity index is 1.71. The molecule has 134 valence electrons. The fraction of sp³-hybridized carbons (Fsp3) is 0.263. The van der Waals surface area contributed by atoms with Crippen LogP contribution in [0.5, 0.6) is 11.5 Å². The highest BCUT2D eigenvalue weighted by Crippen LogP contribution is 2.35. The van der Waals surface area contributed by atoms with Gasteiger partial charge < -0.3 is 14.0 Å². The van der Waals surface area contributed by atoms with Crippen molar-refractivity contribution in [1.82, 2.24) is 4.57 Å². The topological polar surface area (TPSA) is 52.8 Å². The van der Waals surface area contributed by atoms with Gasteiger partial charge in [-0.1, -0.05) is 23.5 Å². The molecule has 2 aromatic carbocycles. The minimum atomic E-state index is -0.320. The molecule has 0 spiro atoms. The van der Waals surface area contributed by atoms with Crippen molar-refractivity contribution in [3.8, 4) is 11.5 Å². The molecule has 0 unspecified atom stereocenters. The van der Waals surface area contributed by atoms with E-state index in [1.165, 1.54) is 23.5 Å². The van der Waals surface area contributed by atoms with Crippen molar-refractivity contribution in [1.29, 1.82) is 0 Å². The molecule has 0 aliphatic carbocycles. The highest BCUT2D eigenvalue weighted by Gasteiger charge is 2.16. The predicted molar refractivity (Wildman–Crippen MR) is 97.2 cm³/mol. The molecule has 26 heavy (non-hydrogen) atoms. The summed E-state index contributed by atoms with van der Waals surface area (Å²) in [6.45, 7) is 3.75. The molecule has 0 saturated heterocycles. The number of aryl methyl sites for hydroxylation is 1. The summed E-state index contributed by atoms with van der Waals surface area (Å²) in [5, 5.41) is 0. The fourth-order valence-electron chi connectivity index (χ4n) is 2.92. The van der Waals surface area contributed by atoms with Crippen LogP contribution >= 0.6 is 11.3 Å². The summed E-state index contributed by atoms with van der Waals surface area (Å²) < 4.78 is 27.2. The molecule has 0 atom stereocenters. The first-order chi connectivity index (χ1) is 12.6. The number of aromatic nitrogens is 1. The minimum Gasteiger partial charge on any atom is -0.486 e. The number of carbonyl (C=O) groups excluding carboxylic acids is 1. The van der Waals surface area contributed by atoms with Gasteiger partial charge in [-0.3, -0.25) is 4.79 Å². The largest absolute Gasteiger partial charge is 0.486 e. The molecule has 7 heteroatoms. The van der Waals surface area contributed by atoms with Gasteiger partial charge in [0.15, 0.2) is 16.3 Å². The number of ether oxygens (including phenoxy) is 2. The normalized spacial score (nSPS) is 14.0. The first-order valence-corrected chi connectivity index (χ1v) is 9.20. The van der Waals surface area contributed by atoms with Crippen molar-refractivity contribution < 1.29 is 18.7 Å². The van der Waals surface area contributed by atoms with E-state index < -0.39 is 0 Å². The number of nitrogens with zero attached hydrogens (tertiary/aromatic N) is 2. The van der Waals surface area contributed by atoms with Gasteiger partial charge in [-0.05, 0) is 24.6 Å².